The largest absolute Gasteiger partial charge is 0.383 e. The zero-order valence-electron chi connectivity index (χ0n) is 12.5. The highest BCUT2D eigenvalue weighted by molar-refractivity contribution is 6.31. The number of urea groups is 1. The van der Waals surface area contributed by atoms with Gasteiger partial charge in [-0.05, 0) is 18.6 Å². The Morgan fingerprint density at radius 2 is 2.05 bits per heavy atom. The number of rotatable bonds is 6. The van der Waals surface area contributed by atoms with E-state index in [-0.39, 0.29) is 17.5 Å². The van der Waals surface area contributed by atoms with E-state index >= 15 is 0 Å². The molecule has 0 radical (unpaired) electrons. The quantitative estimate of drug-likeness (QED) is 0.848. The number of carbonyl (C=O) groups excluding carboxylic acids is 1. The first kappa shape index (κ1) is 16.8. The van der Waals surface area contributed by atoms with E-state index in [4.69, 9.17) is 16.3 Å². The van der Waals surface area contributed by atoms with E-state index in [1.807, 2.05) is 45.0 Å². The van der Waals surface area contributed by atoms with Crippen molar-refractivity contribution < 1.29 is 9.53 Å². The second-order valence-corrected chi connectivity index (χ2v) is 5.95. The standard InChI is InChI=1S/C15H23ClN2O2/c1-11(9-20-4)18-14(19)17-10-15(2,3)12-7-5-6-8-13(12)16/h5-8,11H,9-10H2,1-4H3,(H2,17,18,19). The first-order valence-electron chi connectivity index (χ1n) is 6.65. The fourth-order valence-corrected chi connectivity index (χ4v) is 2.36. The van der Waals surface area contributed by atoms with Crippen LogP contribution >= 0.6 is 11.6 Å². The highest BCUT2D eigenvalue weighted by atomic mass is 35.5. The zero-order chi connectivity index (χ0) is 15.2. The summed E-state index contributed by atoms with van der Waals surface area (Å²) in [5.41, 5.74) is 0.784. The van der Waals surface area contributed by atoms with E-state index in [1.165, 1.54) is 0 Å². The van der Waals surface area contributed by atoms with Gasteiger partial charge in [0.05, 0.1) is 12.6 Å². The molecule has 1 aromatic rings. The average Bonchev–Trinajstić information content (AvgIpc) is 2.37. The van der Waals surface area contributed by atoms with Crippen LogP contribution in [0.3, 0.4) is 0 Å². The number of methoxy groups -OCH3 is 1. The summed E-state index contributed by atoms with van der Waals surface area (Å²) in [5.74, 6) is 0. The highest BCUT2D eigenvalue weighted by Gasteiger charge is 2.23. The molecule has 0 aromatic heterocycles. The van der Waals surface area contributed by atoms with Crippen LogP contribution in [0.15, 0.2) is 24.3 Å². The van der Waals surface area contributed by atoms with Gasteiger partial charge < -0.3 is 15.4 Å². The number of hydrogen-bond acceptors (Lipinski definition) is 2. The summed E-state index contributed by atoms with van der Waals surface area (Å²) in [6, 6.07) is 7.46. The van der Waals surface area contributed by atoms with Crippen LogP contribution in [0.25, 0.3) is 0 Å². The van der Waals surface area contributed by atoms with Gasteiger partial charge in [-0.25, -0.2) is 4.79 Å². The van der Waals surface area contributed by atoms with Gasteiger partial charge in [0.25, 0.3) is 0 Å². The van der Waals surface area contributed by atoms with Gasteiger partial charge in [0.2, 0.25) is 0 Å². The van der Waals surface area contributed by atoms with Gasteiger partial charge in [-0.1, -0.05) is 43.6 Å². The number of hydrogen-bond donors (Lipinski definition) is 2. The molecule has 1 aromatic carbocycles. The van der Waals surface area contributed by atoms with Gasteiger partial charge in [-0.2, -0.15) is 0 Å². The van der Waals surface area contributed by atoms with E-state index < -0.39 is 0 Å². The Balaban J connectivity index is 2.55. The van der Waals surface area contributed by atoms with Crippen LogP contribution in [-0.4, -0.2) is 32.3 Å². The monoisotopic (exact) mass is 298 g/mol. The lowest BCUT2D eigenvalue weighted by molar-refractivity contribution is 0.170. The summed E-state index contributed by atoms with van der Waals surface area (Å²) in [7, 11) is 1.61. The lowest BCUT2D eigenvalue weighted by Gasteiger charge is -2.27. The van der Waals surface area contributed by atoms with Crippen LogP contribution in [-0.2, 0) is 10.2 Å². The molecule has 2 N–H and O–H groups in total. The average molecular weight is 299 g/mol. The number of amides is 2. The third-order valence-corrected chi connectivity index (χ3v) is 3.42. The third-order valence-electron chi connectivity index (χ3n) is 3.09. The van der Waals surface area contributed by atoms with Crippen molar-refractivity contribution in [2.45, 2.75) is 32.2 Å². The van der Waals surface area contributed by atoms with E-state index in [9.17, 15) is 4.79 Å². The van der Waals surface area contributed by atoms with Gasteiger partial charge in [-0.3, -0.25) is 0 Å². The second-order valence-electron chi connectivity index (χ2n) is 5.55. The van der Waals surface area contributed by atoms with Crippen molar-refractivity contribution >= 4 is 17.6 Å². The predicted octanol–water partition coefficient (Wildman–Crippen LogP) is 2.95. The molecule has 5 heteroatoms. The van der Waals surface area contributed by atoms with Crippen molar-refractivity contribution in [3.63, 3.8) is 0 Å². The van der Waals surface area contributed by atoms with E-state index in [0.717, 1.165) is 5.56 Å². The Kier molecular flexibility index (Phi) is 6.30. The van der Waals surface area contributed by atoms with Crippen LogP contribution in [0, 0.1) is 0 Å². The molecule has 0 aliphatic heterocycles. The van der Waals surface area contributed by atoms with Crippen LogP contribution in [0.4, 0.5) is 4.79 Å². The van der Waals surface area contributed by atoms with Gasteiger partial charge in [0.15, 0.2) is 0 Å². The molecule has 2 amide bonds. The Labute approximate surface area is 125 Å². The van der Waals surface area contributed by atoms with Gasteiger partial charge in [-0.15, -0.1) is 0 Å². The van der Waals surface area contributed by atoms with Crippen molar-refractivity contribution in [3.8, 4) is 0 Å². The Morgan fingerprint density at radius 3 is 2.65 bits per heavy atom. The van der Waals surface area contributed by atoms with Crippen molar-refractivity contribution in [2.75, 3.05) is 20.3 Å². The number of halogens is 1. The normalized spacial score (nSPS) is 12.8. The molecule has 0 bridgehead atoms. The van der Waals surface area contributed by atoms with E-state index in [0.29, 0.717) is 18.2 Å². The SMILES string of the molecule is COCC(C)NC(=O)NCC(C)(C)c1ccccc1Cl. The van der Waals surface area contributed by atoms with Crippen LogP contribution in [0.5, 0.6) is 0 Å². The molecule has 112 valence electrons. The predicted molar refractivity (Wildman–Crippen MR) is 82.4 cm³/mol. The van der Waals surface area contributed by atoms with Gasteiger partial charge >= 0.3 is 6.03 Å². The fraction of sp³-hybridized carbons (Fsp3) is 0.533. The summed E-state index contributed by atoms with van der Waals surface area (Å²) in [4.78, 5) is 11.8. The molecule has 0 fully saturated rings. The highest BCUT2D eigenvalue weighted by Crippen LogP contribution is 2.28. The second kappa shape index (κ2) is 7.50. The molecular weight excluding hydrogens is 276 g/mol. The molecule has 0 heterocycles. The zero-order valence-corrected chi connectivity index (χ0v) is 13.3. The Bertz CT molecular complexity index is 449. The lowest BCUT2D eigenvalue weighted by atomic mass is 9.84. The number of benzene rings is 1. The minimum absolute atomic E-state index is 0.0246. The van der Waals surface area contributed by atoms with Gasteiger partial charge in [0, 0.05) is 24.1 Å². The van der Waals surface area contributed by atoms with Crippen LogP contribution in [0.2, 0.25) is 5.02 Å². The smallest absolute Gasteiger partial charge is 0.315 e. The lowest BCUT2D eigenvalue weighted by Crippen LogP contribution is -2.46. The maximum Gasteiger partial charge on any atom is 0.315 e. The molecule has 0 saturated heterocycles. The van der Waals surface area contributed by atoms with Crippen molar-refractivity contribution in [1.29, 1.82) is 0 Å². The molecule has 0 saturated carbocycles. The summed E-state index contributed by atoms with van der Waals surface area (Å²) >= 11 is 6.20. The number of carbonyl (C=O) groups is 1. The van der Waals surface area contributed by atoms with E-state index in [1.54, 1.807) is 7.11 Å². The summed E-state index contributed by atoms with van der Waals surface area (Å²) in [5, 5.41) is 6.40. The minimum atomic E-state index is -0.236. The molecule has 0 aliphatic rings. The molecule has 1 rings (SSSR count). The van der Waals surface area contributed by atoms with Crippen molar-refractivity contribution in [2.24, 2.45) is 0 Å². The molecule has 1 atom stereocenters. The molecule has 1 unspecified atom stereocenters. The maximum absolute atomic E-state index is 11.8. The molecule has 0 spiro atoms. The van der Waals surface area contributed by atoms with Gasteiger partial charge in [0.1, 0.15) is 0 Å². The fourth-order valence-electron chi connectivity index (χ4n) is 1.97. The number of ether oxygens (including phenoxy) is 1. The minimum Gasteiger partial charge on any atom is -0.383 e. The van der Waals surface area contributed by atoms with Crippen molar-refractivity contribution in [3.05, 3.63) is 34.9 Å². The summed E-state index contributed by atoms with van der Waals surface area (Å²) in [6.07, 6.45) is 0. The van der Waals surface area contributed by atoms with Crippen LogP contribution in [0.1, 0.15) is 26.3 Å². The molecule has 4 nitrogen and oxygen atoms in total. The molecule has 20 heavy (non-hydrogen) atoms. The number of nitrogens with one attached hydrogen (secondary N) is 2. The topological polar surface area (TPSA) is 50.4 Å². The van der Waals surface area contributed by atoms with E-state index in [2.05, 4.69) is 10.6 Å². The maximum atomic E-state index is 11.8. The van der Waals surface area contributed by atoms with Crippen LogP contribution < -0.4 is 10.6 Å². The summed E-state index contributed by atoms with van der Waals surface area (Å²) in [6.45, 7) is 6.98. The molecular formula is C15H23ClN2O2. The van der Waals surface area contributed by atoms with Crippen molar-refractivity contribution in [1.82, 2.24) is 10.6 Å². The Morgan fingerprint density at radius 1 is 1.40 bits per heavy atom. The third kappa shape index (κ3) is 5.02. The first-order chi connectivity index (χ1) is 9.36. The Hall–Kier alpha value is -1.26. The summed E-state index contributed by atoms with van der Waals surface area (Å²) < 4.78 is 4.98. The first-order valence-corrected chi connectivity index (χ1v) is 7.03. The molecule has 0 aliphatic carbocycles.